The van der Waals surface area contributed by atoms with E-state index in [1.807, 2.05) is 0 Å². The molecule has 124 valence electrons. The van der Waals surface area contributed by atoms with Crippen LogP contribution in [-0.2, 0) is 6.18 Å². The van der Waals surface area contributed by atoms with Gasteiger partial charge in [-0.25, -0.2) is 0 Å². The molecule has 0 fully saturated rings. The molecule has 0 bridgehead atoms. The Labute approximate surface area is 135 Å². The number of nitrogens with zero attached hydrogens (tertiary/aromatic N) is 2. The summed E-state index contributed by atoms with van der Waals surface area (Å²) in [6, 6.07) is 11.0. The van der Waals surface area contributed by atoms with E-state index in [9.17, 15) is 23.3 Å². The number of hydrogen-bond donors (Lipinski definition) is 1. The number of nitrogens with one attached hydrogen (secondary N) is 1. The molecule has 0 radical (unpaired) electrons. The molecular formula is C16H12F3N3O2. The summed E-state index contributed by atoms with van der Waals surface area (Å²) in [5.41, 5.74) is 1.59. The molecule has 0 heterocycles. The van der Waals surface area contributed by atoms with Crippen molar-refractivity contribution in [2.24, 2.45) is 5.10 Å². The molecule has 0 saturated carbocycles. The van der Waals surface area contributed by atoms with Gasteiger partial charge in [-0.1, -0.05) is 24.3 Å². The third-order valence-electron chi connectivity index (χ3n) is 2.99. The first-order valence-electron chi connectivity index (χ1n) is 6.75. The quantitative estimate of drug-likeness (QED) is 0.488. The highest BCUT2D eigenvalue weighted by atomic mass is 19.4. The lowest BCUT2D eigenvalue weighted by atomic mass is 10.1. The van der Waals surface area contributed by atoms with E-state index in [1.165, 1.54) is 42.6 Å². The van der Waals surface area contributed by atoms with Crippen molar-refractivity contribution in [3.8, 4) is 0 Å². The summed E-state index contributed by atoms with van der Waals surface area (Å²) < 4.78 is 38.4. The first-order chi connectivity index (χ1) is 11.4. The first-order valence-corrected chi connectivity index (χ1v) is 6.75. The topological polar surface area (TPSA) is 67.5 Å². The highest BCUT2D eigenvalue weighted by Crippen LogP contribution is 2.34. The number of hydrazone groups is 1. The maximum Gasteiger partial charge on any atom is 0.418 e. The van der Waals surface area contributed by atoms with Crippen LogP contribution < -0.4 is 5.43 Å². The lowest BCUT2D eigenvalue weighted by Gasteiger charge is -2.11. The fourth-order valence-corrected chi connectivity index (χ4v) is 1.92. The molecule has 24 heavy (non-hydrogen) atoms. The van der Waals surface area contributed by atoms with Crippen LogP contribution in [0.5, 0.6) is 0 Å². The van der Waals surface area contributed by atoms with Crippen LogP contribution in [0.25, 0.3) is 6.08 Å². The van der Waals surface area contributed by atoms with Crippen molar-refractivity contribution in [2.75, 3.05) is 5.43 Å². The van der Waals surface area contributed by atoms with Gasteiger partial charge >= 0.3 is 6.18 Å². The van der Waals surface area contributed by atoms with Crippen LogP contribution in [0.2, 0.25) is 0 Å². The van der Waals surface area contributed by atoms with E-state index in [2.05, 4.69) is 10.5 Å². The molecule has 0 aliphatic heterocycles. The largest absolute Gasteiger partial charge is 0.418 e. The third-order valence-corrected chi connectivity index (χ3v) is 2.99. The highest BCUT2D eigenvalue weighted by molar-refractivity contribution is 5.80. The molecule has 0 saturated heterocycles. The van der Waals surface area contributed by atoms with E-state index in [0.29, 0.717) is 5.56 Å². The molecule has 0 amide bonds. The number of para-hydroxylation sites is 2. The zero-order valence-corrected chi connectivity index (χ0v) is 12.2. The van der Waals surface area contributed by atoms with Crippen molar-refractivity contribution in [1.82, 2.24) is 0 Å². The Balaban J connectivity index is 2.08. The van der Waals surface area contributed by atoms with E-state index in [-0.39, 0.29) is 11.4 Å². The minimum atomic E-state index is -4.49. The Morgan fingerprint density at radius 3 is 2.46 bits per heavy atom. The Hall–Kier alpha value is -3.16. The Kier molecular flexibility index (Phi) is 5.31. The summed E-state index contributed by atoms with van der Waals surface area (Å²) in [7, 11) is 0. The van der Waals surface area contributed by atoms with Crippen LogP contribution in [0, 0.1) is 10.1 Å². The Bertz CT molecular complexity index is 786. The second kappa shape index (κ2) is 7.40. The van der Waals surface area contributed by atoms with E-state index in [4.69, 9.17) is 0 Å². The molecule has 5 nitrogen and oxygen atoms in total. The van der Waals surface area contributed by atoms with Gasteiger partial charge in [0.25, 0.3) is 5.69 Å². The second-order valence-corrected chi connectivity index (χ2v) is 4.61. The predicted octanol–water partition coefficient (Wildman–Crippen LogP) is 4.72. The molecular weight excluding hydrogens is 323 g/mol. The van der Waals surface area contributed by atoms with Gasteiger partial charge in [0.1, 0.15) is 0 Å². The summed E-state index contributed by atoms with van der Waals surface area (Å²) in [4.78, 5) is 10.3. The molecule has 8 heteroatoms. The third kappa shape index (κ3) is 4.42. The fraction of sp³-hybridized carbons (Fsp3) is 0.0625. The summed E-state index contributed by atoms with van der Waals surface area (Å²) in [6.45, 7) is 0. The van der Waals surface area contributed by atoms with Crippen LogP contribution in [0.15, 0.2) is 59.7 Å². The lowest BCUT2D eigenvalue weighted by molar-refractivity contribution is -0.385. The fourth-order valence-electron chi connectivity index (χ4n) is 1.92. The number of anilines is 1. The van der Waals surface area contributed by atoms with Crippen LogP contribution in [0.3, 0.4) is 0 Å². The molecule has 0 aromatic heterocycles. The van der Waals surface area contributed by atoms with Crippen LogP contribution in [0.4, 0.5) is 24.5 Å². The molecule has 1 N–H and O–H groups in total. The number of allylic oxidation sites excluding steroid dienone is 1. The SMILES string of the molecule is O=[N+]([O-])c1ccccc1/C=C/C=N/Nc1ccccc1C(F)(F)F. The van der Waals surface area contributed by atoms with E-state index in [1.54, 1.807) is 18.2 Å². The highest BCUT2D eigenvalue weighted by Gasteiger charge is 2.33. The number of benzene rings is 2. The summed E-state index contributed by atoms with van der Waals surface area (Å²) in [5.74, 6) is 0. The number of rotatable bonds is 5. The van der Waals surface area contributed by atoms with Gasteiger partial charge in [0.15, 0.2) is 0 Å². The van der Waals surface area contributed by atoms with Gasteiger partial charge in [-0.15, -0.1) is 0 Å². The van der Waals surface area contributed by atoms with Crippen molar-refractivity contribution in [2.45, 2.75) is 6.18 Å². The molecule has 2 rings (SSSR count). The summed E-state index contributed by atoms with van der Waals surface area (Å²) >= 11 is 0. The molecule has 2 aromatic rings. The average molecular weight is 335 g/mol. The minimum Gasteiger partial charge on any atom is -0.278 e. The smallest absolute Gasteiger partial charge is 0.278 e. The Morgan fingerprint density at radius 2 is 1.75 bits per heavy atom. The summed E-state index contributed by atoms with van der Waals surface area (Å²) in [5, 5.41) is 14.5. The second-order valence-electron chi connectivity index (χ2n) is 4.61. The minimum absolute atomic E-state index is 0.0717. The number of nitro groups is 1. The van der Waals surface area contributed by atoms with Crippen LogP contribution >= 0.6 is 0 Å². The molecule has 0 atom stereocenters. The van der Waals surface area contributed by atoms with E-state index >= 15 is 0 Å². The number of alkyl halides is 3. The van der Waals surface area contributed by atoms with Crippen LogP contribution in [0.1, 0.15) is 11.1 Å². The summed E-state index contributed by atoms with van der Waals surface area (Å²) in [6.07, 6.45) is -0.437. The zero-order chi connectivity index (χ0) is 17.6. The molecule has 0 spiro atoms. The van der Waals surface area contributed by atoms with E-state index < -0.39 is 16.7 Å². The van der Waals surface area contributed by atoms with Crippen LogP contribution in [-0.4, -0.2) is 11.1 Å². The monoisotopic (exact) mass is 335 g/mol. The number of halogens is 3. The lowest BCUT2D eigenvalue weighted by Crippen LogP contribution is -2.08. The van der Waals surface area contributed by atoms with Crippen molar-refractivity contribution in [3.63, 3.8) is 0 Å². The van der Waals surface area contributed by atoms with Crippen molar-refractivity contribution < 1.29 is 18.1 Å². The first kappa shape index (κ1) is 17.2. The van der Waals surface area contributed by atoms with Crippen molar-refractivity contribution in [1.29, 1.82) is 0 Å². The van der Waals surface area contributed by atoms with Gasteiger partial charge in [-0.2, -0.15) is 18.3 Å². The molecule has 0 aliphatic rings. The van der Waals surface area contributed by atoms with Gasteiger partial charge in [-0.3, -0.25) is 15.5 Å². The molecule has 0 unspecified atom stereocenters. The normalized spacial score (nSPS) is 12.0. The number of nitro benzene ring substituents is 1. The Morgan fingerprint density at radius 1 is 1.08 bits per heavy atom. The van der Waals surface area contributed by atoms with E-state index in [0.717, 1.165) is 6.07 Å². The van der Waals surface area contributed by atoms with Crippen molar-refractivity contribution >= 4 is 23.7 Å². The van der Waals surface area contributed by atoms with Gasteiger partial charge in [0.05, 0.1) is 21.7 Å². The van der Waals surface area contributed by atoms with Crippen molar-refractivity contribution in [3.05, 3.63) is 75.8 Å². The standard InChI is InChI=1S/C16H12F3N3O2/c17-16(18,19)13-8-2-3-9-14(13)21-20-11-5-7-12-6-1-4-10-15(12)22(23)24/h1-11,21H/b7-5+,20-11+. The van der Waals surface area contributed by atoms with Gasteiger partial charge in [0.2, 0.25) is 0 Å². The van der Waals surface area contributed by atoms with Gasteiger partial charge < -0.3 is 0 Å². The molecule has 2 aromatic carbocycles. The zero-order valence-electron chi connectivity index (χ0n) is 12.2. The maximum atomic E-state index is 12.8. The molecule has 0 aliphatic carbocycles. The van der Waals surface area contributed by atoms with Gasteiger partial charge in [-0.05, 0) is 30.4 Å². The predicted molar refractivity (Wildman–Crippen MR) is 85.7 cm³/mol. The maximum absolute atomic E-state index is 12.8. The average Bonchev–Trinajstić information content (AvgIpc) is 2.54. The van der Waals surface area contributed by atoms with Gasteiger partial charge in [0, 0.05) is 12.3 Å². The number of hydrogen-bond acceptors (Lipinski definition) is 4.